The summed E-state index contributed by atoms with van der Waals surface area (Å²) >= 11 is 0. The van der Waals surface area contributed by atoms with Crippen LogP contribution >= 0.6 is 0 Å². The Kier molecular flexibility index (Phi) is 12.7. The molecule has 0 rings (SSSR count). The molecule has 0 aliphatic rings. The Morgan fingerprint density at radius 2 is 0.241 bits per heavy atom. The second-order valence-corrected chi connectivity index (χ2v) is 10.2. The maximum absolute atomic E-state index is 13.6. The van der Waals surface area contributed by atoms with Crippen molar-refractivity contribution < 1.29 is 177 Å². The van der Waals surface area contributed by atoms with Crippen molar-refractivity contribution in [3.8, 4) is 0 Å². The molecule has 0 saturated heterocycles. The number of hydrogen-bond acceptors (Lipinski definition) is 2. The van der Waals surface area contributed by atoms with Gasteiger partial charge in [0.2, 0.25) is 0 Å². The zero-order valence-corrected chi connectivity index (χ0v) is 24.2. The predicted octanol–water partition coefficient (Wildman–Crippen LogP) is 12.1. The van der Waals surface area contributed by atoms with Crippen LogP contribution in [-0.4, -0.2) is 107 Å². The van der Waals surface area contributed by atoms with E-state index >= 15 is 0 Å². The van der Waals surface area contributed by atoms with Gasteiger partial charge in [0.15, 0.2) is 0 Å². The summed E-state index contributed by atoms with van der Waals surface area (Å²) in [6.07, 6.45) is -34.9. The van der Waals surface area contributed by atoms with Gasteiger partial charge < -0.3 is 0 Å². The number of alkyl halides is 38. The van der Waals surface area contributed by atoms with Gasteiger partial charge in [0.05, 0.1) is 0 Å². The third-order valence-corrected chi connectivity index (χ3v) is 6.43. The third-order valence-electron chi connectivity index (χ3n) is 6.43. The maximum atomic E-state index is 13.6. The standard InChI is InChI=1S/C18F38O2/c19-1(20,3(23,24)7(31,32)11(39,40)15(47,48)49)5(27,28)9(35,36)13(43,44)17(53,54)57-58-18(55,56)14(45,46)10(37,38)6(29,30)2(21,22)4(25,26)8(33,34)12(41,42)16(50,51)52. The highest BCUT2D eigenvalue weighted by molar-refractivity contribution is 5.17. The second kappa shape index (κ2) is 13.4. The molecule has 350 valence electrons. The summed E-state index contributed by atoms with van der Waals surface area (Å²) in [6, 6.07) is 0. The maximum Gasteiger partial charge on any atom is 0.460 e. The van der Waals surface area contributed by atoms with Crippen LogP contribution < -0.4 is 0 Å². The van der Waals surface area contributed by atoms with E-state index in [1.807, 2.05) is 0 Å². The lowest BCUT2D eigenvalue weighted by atomic mass is 9.88. The molecule has 58 heavy (non-hydrogen) atoms. The van der Waals surface area contributed by atoms with E-state index in [1.165, 1.54) is 0 Å². The van der Waals surface area contributed by atoms with Gasteiger partial charge in [0.25, 0.3) is 0 Å². The molecular weight excluding hydrogens is 970 g/mol. The van der Waals surface area contributed by atoms with E-state index in [2.05, 4.69) is 0 Å². The predicted molar refractivity (Wildman–Crippen MR) is 93.4 cm³/mol. The highest BCUT2D eigenvalue weighted by Crippen LogP contribution is 2.68. The minimum absolute atomic E-state index is 0.755. The Morgan fingerprint density at radius 3 is 0.362 bits per heavy atom. The van der Waals surface area contributed by atoms with Gasteiger partial charge in [0, 0.05) is 0 Å². The summed E-state index contributed by atoms with van der Waals surface area (Å²) in [5.41, 5.74) is 0. The van der Waals surface area contributed by atoms with Gasteiger partial charge in [-0.25, -0.2) is 0 Å². The summed E-state index contributed by atoms with van der Waals surface area (Å²) in [4.78, 5) is 1.51. The van der Waals surface area contributed by atoms with Crippen molar-refractivity contribution in [1.82, 2.24) is 0 Å². The van der Waals surface area contributed by atoms with Crippen molar-refractivity contribution in [2.24, 2.45) is 0 Å². The fraction of sp³-hybridized carbons (Fsp3) is 1.00. The molecule has 0 heterocycles. The highest BCUT2D eigenvalue weighted by Gasteiger charge is 2.99. The van der Waals surface area contributed by atoms with E-state index in [4.69, 9.17) is 0 Å². The highest BCUT2D eigenvalue weighted by atomic mass is 19.5. The Bertz CT molecular complexity index is 1360. The molecule has 0 bridgehead atoms. The van der Waals surface area contributed by atoms with Gasteiger partial charge in [-0.2, -0.15) is 177 Å². The lowest BCUT2D eigenvalue weighted by Gasteiger charge is -2.44. The average molecular weight is 970 g/mol. The topological polar surface area (TPSA) is 18.5 Å². The first-order valence-electron chi connectivity index (χ1n) is 11.8. The fourth-order valence-electron chi connectivity index (χ4n) is 2.90. The first-order chi connectivity index (χ1) is 24.2. The molecule has 0 fully saturated rings. The zero-order valence-electron chi connectivity index (χ0n) is 24.2. The van der Waals surface area contributed by atoms with Crippen LogP contribution in [0.1, 0.15) is 0 Å². The second-order valence-electron chi connectivity index (χ2n) is 10.2. The first kappa shape index (κ1) is 55.3. The van der Waals surface area contributed by atoms with Gasteiger partial charge >= 0.3 is 107 Å². The third kappa shape index (κ3) is 6.62. The van der Waals surface area contributed by atoms with E-state index in [1.54, 1.807) is 0 Å². The summed E-state index contributed by atoms with van der Waals surface area (Å²) in [5.74, 6) is -133. The minimum atomic E-state index is -9.84. The molecule has 0 N–H and O–H groups in total. The SMILES string of the molecule is FC(F)(F)C(F)(F)C(F)(F)C(F)(F)C(F)(F)C(F)(F)C(F)(F)C(F)(F)C(F)(F)OOC(F)(F)C(F)(F)C(F)(F)C(F)(F)C(F)(F)C(F)(F)C(F)(F)C(F)(F)C(F)(F)F. The van der Waals surface area contributed by atoms with Crippen LogP contribution in [0.25, 0.3) is 0 Å². The fourth-order valence-corrected chi connectivity index (χ4v) is 2.90. The zero-order chi connectivity index (χ0) is 48.4. The molecule has 0 atom stereocenters. The van der Waals surface area contributed by atoms with Crippen LogP contribution in [-0.2, 0) is 9.78 Å². The average Bonchev–Trinajstić information content (AvgIpc) is 2.97. The molecule has 0 aromatic heterocycles. The van der Waals surface area contributed by atoms with Crippen molar-refractivity contribution in [3.05, 3.63) is 0 Å². The van der Waals surface area contributed by atoms with Crippen molar-refractivity contribution in [2.45, 2.75) is 107 Å². The Morgan fingerprint density at radius 1 is 0.138 bits per heavy atom. The smallest absolute Gasteiger partial charge is 0.192 e. The molecule has 0 unspecified atom stereocenters. The van der Waals surface area contributed by atoms with Crippen LogP contribution in [0, 0.1) is 0 Å². The van der Waals surface area contributed by atoms with Crippen LogP contribution in [0.2, 0.25) is 0 Å². The Balaban J connectivity index is 7.24. The van der Waals surface area contributed by atoms with Crippen molar-refractivity contribution in [2.75, 3.05) is 0 Å². The lowest BCUT2D eigenvalue weighted by Crippen LogP contribution is -2.76. The Labute approximate surface area is 285 Å². The molecule has 0 amide bonds. The quantitative estimate of drug-likeness (QED) is 0.0822. The number of hydrogen-bond donors (Lipinski definition) is 0. The van der Waals surface area contributed by atoms with Crippen LogP contribution in [0.3, 0.4) is 0 Å². The van der Waals surface area contributed by atoms with Crippen molar-refractivity contribution in [1.29, 1.82) is 0 Å². The van der Waals surface area contributed by atoms with E-state index in [-0.39, 0.29) is 0 Å². The summed E-state index contributed by atoms with van der Waals surface area (Å²) in [7, 11) is 0. The van der Waals surface area contributed by atoms with Gasteiger partial charge in [-0.05, 0) is 0 Å². The van der Waals surface area contributed by atoms with Crippen molar-refractivity contribution in [3.63, 3.8) is 0 Å². The van der Waals surface area contributed by atoms with Gasteiger partial charge in [-0.3, -0.25) is 0 Å². The largest absolute Gasteiger partial charge is 0.460 e. The molecule has 2 nitrogen and oxygen atoms in total. The number of halogens is 38. The molecule has 0 aliphatic heterocycles. The molecule has 0 spiro atoms. The van der Waals surface area contributed by atoms with E-state index in [0.29, 0.717) is 0 Å². The monoisotopic (exact) mass is 970 g/mol. The summed E-state index contributed by atoms with van der Waals surface area (Å²) < 4.78 is 500. The van der Waals surface area contributed by atoms with Gasteiger partial charge in [0.1, 0.15) is 0 Å². The van der Waals surface area contributed by atoms with E-state index in [9.17, 15) is 167 Å². The van der Waals surface area contributed by atoms with Crippen LogP contribution in [0.15, 0.2) is 0 Å². The summed E-state index contributed by atoms with van der Waals surface area (Å²) in [5, 5.41) is 0. The molecule has 0 aliphatic carbocycles. The Hall–Kier alpha value is -2.74. The molecular formula is C18F38O2. The molecule has 0 aromatic rings. The van der Waals surface area contributed by atoms with Gasteiger partial charge in [-0.1, -0.05) is 0 Å². The van der Waals surface area contributed by atoms with E-state index in [0.717, 1.165) is 9.78 Å². The molecule has 0 aromatic carbocycles. The van der Waals surface area contributed by atoms with Crippen LogP contribution in [0.5, 0.6) is 0 Å². The molecule has 0 saturated carbocycles. The normalized spacial score (nSPS) is 17.3. The van der Waals surface area contributed by atoms with Gasteiger partial charge in [-0.15, -0.1) is 0 Å². The van der Waals surface area contributed by atoms with E-state index < -0.39 is 107 Å². The number of rotatable bonds is 17. The lowest BCUT2D eigenvalue weighted by molar-refractivity contribution is -0.593. The first-order valence-corrected chi connectivity index (χ1v) is 11.8. The summed E-state index contributed by atoms with van der Waals surface area (Å²) in [6.45, 7) is 0. The molecule has 0 radical (unpaired) electrons. The van der Waals surface area contributed by atoms with Crippen LogP contribution in [0.4, 0.5) is 167 Å². The minimum Gasteiger partial charge on any atom is -0.192 e. The van der Waals surface area contributed by atoms with Crippen molar-refractivity contribution >= 4 is 0 Å². The molecule has 40 heteroatoms.